The monoisotopic (exact) mass is 560 g/mol. The van der Waals surface area contributed by atoms with E-state index in [2.05, 4.69) is 21.2 Å². The molecule has 9 heteroatoms. The van der Waals surface area contributed by atoms with Crippen molar-refractivity contribution in [3.63, 3.8) is 0 Å². The zero-order valence-corrected chi connectivity index (χ0v) is 22.5. The Balaban J connectivity index is 1.83. The van der Waals surface area contributed by atoms with Crippen LogP contribution in [-0.4, -0.2) is 34.1 Å². The van der Waals surface area contributed by atoms with Gasteiger partial charge in [-0.3, -0.25) is 9.10 Å². The summed E-state index contributed by atoms with van der Waals surface area (Å²) in [6.45, 7) is 5.65. The first-order valence-electron chi connectivity index (χ1n) is 11.1. The summed E-state index contributed by atoms with van der Waals surface area (Å²) in [5.74, 6) is 0.782. The third-order valence-corrected chi connectivity index (χ3v) is 7.47. The summed E-state index contributed by atoms with van der Waals surface area (Å²) in [6, 6.07) is 18.9. The summed E-state index contributed by atoms with van der Waals surface area (Å²) >= 11 is 3.34. The highest BCUT2D eigenvalue weighted by atomic mass is 79.9. The van der Waals surface area contributed by atoms with Crippen LogP contribution < -0.4 is 19.1 Å². The zero-order valence-electron chi connectivity index (χ0n) is 20.1. The minimum atomic E-state index is -4.05. The van der Waals surface area contributed by atoms with Gasteiger partial charge in [0.2, 0.25) is 5.91 Å². The minimum Gasteiger partial charge on any atom is -0.496 e. The fourth-order valence-electron chi connectivity index (χ4n) is 3.35. The lowest BCUT2D eigenvalue weighted by Crippen LogP contribution is -2.40. The molecule has 0 radical (unpaired) electrons. The van der Waals surface area contributed by atoms with Gasteiger partial charge in [-0.15, -0.1) is 0 Å². The Kier molecular flexibility index (Phi) is 8.80. The van der Waals surface area contributed by atoms with Gasteiger partial charge in [0.1, 0.15) is 18.0 Å². The number of benzene rings is 3. The predicted octanol–water partition coefficient (Wildman–Crippen LogP) is 5.07. The number of carbonyl (C=O) groups is 1. The number of sulfonamides is 1. The molecule has 3 rings (SSSR count). The van der Waals surface area contributed by atoms with Gasteiger partial charge in [0.15, 0.2) is 0 Å². The van der Waals surface area contributed by atoms with Crippen LogP contribution in [0.4, 0.5) is 5.69 Å². The van der Waals surface area contributed by atoms with Gasteiger partial charge in [0, 0.05) is 6.54 Å². The molecule has 0 aromatic heterocycles. The molecule has 3 aromatic rings. The van der Waals surface area contributed by atoms with Crippen LogP contribution in [0.5, 0.6) is 11.5 Å². The molecule has 0 saturated heterocycles. The quantitative estimate of drug-likeness (QED) is 0.374. The number of ether oxygens (including phenoxy) is 2. The molecule has 0 aliphatic heterocycles. The van der Waals surface area contributed by atoms with E-state index in [0.717, 1.165) is 15.4 Å². The number of anilines is 1. The van der Waals surface area contributed by atoms with E-state index in [-0.39, 0.29) is 24.1 Å². The third kappa shape index (κ3) is 6.99. The first-order valence-corrected chi connectivity index (χ1v) is 13.3. The molecule has 0 fully saturated rings. The maximum Gasteiger partial charge on any atom is 0.264 e. The minimum absolute atomic E-state index is 0.0334. The Morgan fingerprint density at radius 1 is 1.06 bits per heavy atom. The van der Waals surface area contributed by atoms with Crippen LogP contribution in [0.15, 0.2) is 76.1 Å². The average Bonchev–Trinajstić information content (AvgIpc) is 2.81. The molecule has 0 unspecified atom stereocenters. The maximum atomic E-state index is 13.6. The lowest BCUT2D eigenvalue weighted by atomic mass is 10.2. The Hall–Kier alpha value is -3.04. The summed E-state index contributed by atoms with van der Waals surface area (Å²) in [5, 5.41) is 2.81. The standard InChI is InChI=1S/C26H29BrN2O5S/c1-18(2)34-22-7-5-6-20(14-22)16-28-26(30)17-29(21-10-8-19(3)9-11-21)35(31,32)23-12-13-25(33-4)24(27)15-23/h5-15,18H,16-17H2,1-4H3,(H,28,30). The molecular weight excluding hydrogens is 532 g/mol. The topological polar surface area (TPSA) is 84.9 Å². The molecule has 3 aromatic carbocycles. The fraction of sp³-hybridized carbons (Fsp3) is 0.269. The van der Waals surface area contributed by atoms with Crippen molar-refractivity contribution >= 4 is 37.5 Å². The molecule has 0 saturated carbocycles. The van der Waals surface area contributed by atoms with E-state index >= 15 is 0 Å². The van der Waals surface area contributed by atoms with Gasteiger partial charge in [-0.2, -0.15) is 0 Å². The van der Waals surface area contributed by atoms with Crippen LogP contribution in [0.3, 0.4) is 0 Å². The van der Waals surface area contributed by atoms with Crippen molar-refractivity contribution in [3.8, 4) is 11.5 Å². The van der Waals surface area contributed by atoms with E-state index in [0.29, 0.717) is 21.7 Å². The van der Waals surface area contributed by atoms with Crippen molar-refractivity contribution < 1.29 is 22.7 Å². The summed E-state index contributed by atoms with van der Waals surface area (Å²) in [6.07, 6.45) is 0.0334. The molecule has 0 atom stereocenters. The van der Waals surface area contributed by atoms with Crippen molar-refractivity contribution in [1.82, 2.24) is 5.32 Å². The molecule has 1 N–H and O–H groups in total. The molecule has 186 valence electrons. The molecule has 35 heavy (non-hydrogen) atoms. The second kappa shape index (κ2) is 11.6. The van der Waals surface area contributed by atoms with Crippen LogP contribution >= 0.6 is 15.9 Å². The third-order valence-electron chi connectivity index (χ3n) is 5.08. The average molecular weight is 561 g/mol. The van der Waals surface area contributed by atoms with Crippen molar-refractivity contribution in [2.24, 2.45) is 0 Å². The van der Waals surface area contributed by atoms with Crippen molar-refractivity contribution in [2.75, 3.05) is 18.0 Å². The number of hydrogen-bond donors (Lipinski definition) is 1. The smallest absolute Gasteiger partial charge is 0.264 e. The molecule has 7 nitrogen and oxygen atoms in total. The van der Waals surface area contributed by atoms with Crippen molar-refractivity contribution in [2.45, 2.75) is 38.3 Å². The van der Waals surface area contributed by atoms with E-state index in [1.807, 2.05) is 45.0 Å². The highest BCUT2D eigenvalue weighted by Crippen LogP contribution is 2.30. The lowest BCUT2D eigenvalue weighted by Gasteiger charge is -2.24. The van der Waals surface area contributed by atoms with E-state index in [1.165, 1.54) is 19.2 Å². The van der Waals surface area contributed by atoms with Crippen LogP contribution in [0.2, 0.25) is 0 Å². The number of amides is 1. The highest BCUT2D eigenvalue weighted by Gasteiger charge is 2.28. The zero-order chi connectivity index (χ0) is 25.6. The van der Waals surface area contributed by atoms with Gasteiger partial charge in [0.25, 0.3) is 10.0 Å². The number of carbonyl (C=O) groups excluding carboxylic acids is 1. The van der Waals surface area contributed by atoms with E-state index < -0.39 is 15.9 Å². The van der Waals surface area contributed by atoms with E-state index in [4.69, 9.17) is 9.47 Å². The molecule has 0 bridgehead atoms. The Labute approximate surface area is 215 Å². The summed E-state index contributed by atoms with van der Waals surface area (Å²) < 4.78 is 39.7. The molecular formula is C26H29BrN2O5S. The Bertz CT molecular complexity index is 1280. The number of rotatable bonds is 10. The van der Waals surface area contributed by atoms with Crippen LogP contribution in [0.1, 0.15) is 25.0 Å². The van der Waals surface area contributed by atoms with Crippen LogP contribution in [-0.2, 0) is 21.4 Å². The highest BCUT2D eigenvalue weighted by molar-refractivity contribution is 9.10. The first kappa shape index (κ1) is 26.6. The first-order chi connectivity index (χ1) is 16.6. The largest absolute Gasteiger partial charge is 0.496 e. The van der Waals surface area contributed by atoms with Crippen LogP contribution in [0.25, 0.3) is 0 Å². The Morgan fingerprint density at radius 3 is 2.40 bits per heavy atom. The van der Waals surface area contributed by atoms with Gasteiger partial charge in [-0.05, 0) is 84.7 Å². The second-order valence-corrected chi connectivity index (χ2v) is 11.0. The molecule has 0 spiro atoms. The number of aryl methyl sites for hydroxylation is 1. The number of methoxy groups -OCH3 is 1. The molecule has 1 amide bonds. The summed E-state index contributed by atoms with van der Waals surface area (Å²) in [5.41, 5.74) is 2.22. The van der Waals surface area contributed by atoms with Crippen molar-refractivity contribution in [3.05, 3.63) is 82.3 Å². The second-order valence-electron chi connectivity index (χ2n) is 8.23. The fourth-order valence-corrected chi connectivity index (χ4v) is 5.49. The van der Waals surface area contributed by atoms with Crippen LogP contribution in [0, 0.1) is 6.92 Å². The van der Waals surface area contributed by atoms with Gasteiger partial charge >= 0.3 is 0 Å². The Morgan fingerprint density at radius 2 is 1.77 bits per heavy atom. The lowest BCUT2D eigenvalue weighted by molar-refractivity contribution is -0.119. The molecule has 0 aliphatic carbocycles. The summed E-state index contributed by atoms with van der Waals surface area (Å²) in [7, 11) is -2.54. The van der Waals surface area contributed by atoms with Gasteiger partial charge in [-0.1, -0.05) is 29.8 Å². The molecule has 0 aliphatic rings. The number of nitrogens with zero attached hydrogens (tertiary/aromatic N) is 1. The number of halogens is 1. The summed E-state index contributed by atoms with van der Waals surface area (Å²) in [4.78, 5) is 12.9. The van der Waals surface area contributed by atoms with Gasteiger partial charge < -0.3 is 14.8 Å². The van der Waals surface area contributed by atoms with E-state index in [1.54, 1.807) is 30.3 Å². The normalized spacial score (nSPS) is 11.3. The number of hydrogen-bond acceptors (Lipinski definition) is 5. The maximum absolute atomic E-state index is 13.6. The number of nitrogens with one attached hydrogen (secondary N) is 1. The van der Waals surface area contributed by atoms with Gasteiger partial charge in [-0.25, -0.2) is 8.42 Å². The van der Waals surface area contributed by atoms with Gasteiger partial charge in [0.05, 0.1) is 28.3 Å². The van der Waals surface area contributed by atoms with E-state index in [9.17, 15) is 13.2 Å². The predicted molar refractivity (Wildman–Crippen MR) is 140 cm³/mol. The SMILES string of the molecule is COc1ccc(S(=O)(=O)N(CC(=O)NCc2cccc(OC(C)C)c2)c2ccc(C)cc2)cc1Br. The molecule has 0 heterocycles. The van der Waals surface area contributed by atoms with Crippen molar-refractivity contribution in [1.29, 1.82) is 0 Å².